The second kappa shape index (κ2) is 7.28. The number of carbonyl (C=O) groups is 1. The van der Waals surface area contributed by atoms with E-state index in [0.29, 0.717) is 6.42 Å². The second-order valence-corrected chi connectivity index (χ2v) is 8.39. The first-order valence-electron chi connectivity index (χ1n) is 10.2. The van der Waals surface area contributed by atoms with Crippen LogP contribution in [-0.4, -0.2) is 73.0 Å². The molecule has 1 amide bonds. The Balaban J connectivity index is 1.50. The van der Waals surface area contributed by atoms with Gasteiger partial charge in [-0.15, -0.1) is 0 Å². The van der Waals surface area contributed by atoms with E-state index in [1.807, 2.05) is 6.07 Å². The number of piperidine rings is 1. The van der Waals surface area contributed by atoms with Gasteiger partial charge in [0.1, 0.15) is 5.58 Å². The number of fused-ring (bicyclic) bond motifs is 1. The number of furan rings is 1. The molecule has 0 N–H and O–H groups in total. The first-order valence-corrected chi connectivity index (χ1v) is 10.2. The van der Waals surface area contributed by atoms with Gasteiger partial charge in [0.15, 0.2) is 0 Å². The van der Waals surface area contributed by atoms with Crippen molar-refractivity contribution in [3.8, 4) is 0 Å². The van der Waals surface area contributed by atoms with Gasteiger partial charge in [0.25, 0.3) is 0 Å². The number of nitrogens with zero attached hydrogens (tertiary/aromatic N) is 3. The smallest absolute Gasteiger partial charge is 0.227 e. The van der Waals surface area contributed by atoms with E-state index in [-0.39, 0.29) is 11.4 Å². The molecular formula is C22H31N3O2. The highest BCUT2D eigenvalue weighted by Gasteiger charge is 2.42. The van der Waals surface area contributed by atoms with Crippen LogP contribution in [0.5, 0.6) is 0 Å². The predicted molar refractivity (Wildman–Crippen MR) is 108 cm³/mol. The maximum Gasteiger partial charge on any atom is 0.227 e. The van der Waals surface area contributed by atoms with E-state index in [2.05, 4.69) is 47.9 Å². The fourth-order valence-corrected chi connectivity index (χ4v) is 4.61. The number of amides is 1. The molecule has 2 fully saturated rings. The number of likely N-dealkylation sites (tertiary alicyclic amines) is 1. The van der Waals surface area contributed by atoms with E-state index in [1.54, 1.807) is 6.26 Å². The molecule has 3 heterocycles. The standard InChI is InChI=1S/C22H31N3O2/c1-4-17-5-6-20-19(13-17)18(15-27-20)14-21(26)25-12-11-24(3)22(16-25)7-9-23(2)10-8-22/h5-6,13,15H,4,7-12,14,16H2,1-3H3. The van der Waals surface area contributed by atoms with Gasteiger partial charge in [-0.05, 0) is 64.1 Å². The number of piperazine rings is 1. The monoisotopic (exact) mass is 369 g/mol. The Bertz CT molecular complexity index is 820. The van der Waals surface area contributed by atoms with Crippen molar-refractivity contribution < 1.29 is 9.21 Å². The molecule has 146 valence electrons. The summed E-state index contributed by atoms with van der Waals surface area (Å²) in [6, 6.07) is 6.29. The normalized spacial score (nSPS) is 21.2. The Labute approximate surface area is 161 Å². The third-order valence-corrected chi connectivity index (χ3v) is 6.74. The third kappa shape index (κ3) is 3.50. The fourth-order valence-electron chi connectivity index (χ4n) is 4.61. The summed E-state index contributed by atoms with van der Waals surface area (Å²) in [6.45, 7) is 7.01. The van der Waals surface area contributed by atoms with Gasteiger partial charge in [-0.25, -0.2) is 0 Å². The highest BCUT2D eigenvalue weighted by Crippen LogP contribution is 2.32. The second-order valence-electron chi connectivity index (χ2n) is 8.39. The zero-order valence-electron chi connectivity index (χ0n) is 16.8. The number of hydrogen-bond donors (Lipinski definition) is 0. The summed E-state index contributed by atoms with van der Waals surface area (Å²) in [5.74, 6) is 0.228. The van der Waals surface area contributed by atoms with Crippen LogP contribution >= 0.6 is 0 Å². The van der Waals surface area contributed by atoms with Crippen molar-refractivity contribution in [3.05, 3.63) is 35.6 Å². The summed E-state index contributed by atoms with van der Waals surface area (Å²) in [4.78, 5) is 20.1. The van der Waals surface area contributed by atoms with Crippen LogP contribution < -0.4 is 0 Å². The van der Waals surface area contributed by atoms with E-state index < -0.39 is 0 Å². The first kappa shape index (κ1) is 18.5. The molecule has 2 aliphatic rings. The molecule has 0 unspecified atom stereocenters. The van der Waals surface area contributed by atoms with Crippen LogP contribution in [0, 0.1) is 0 Å². The SMILES string of the molecule is CCc1ccc2occ(CC(=O)N3CCN(C)C4(CCN(C)CC4)C3)c2c1. The van der Waals surface area contributed by atoms with Crippen molar-refractivity contribution in [2.24, 2.45) is 0 Å². The van der Waals surface area contributed by atoms with E-state index in [4.69, 9.17) is 4.42 Å². The highest BCUT2D eigenvalue weighted by molar-refractivity contribution is 5.88. The average Bonchev–Trinajstić information content (AvgIpc) is 3.08. The van der Waals surface area contributed by atoms with Crippen LogP contribution in [0.15, 0.2) is 28.9 Å². The molecule has 0 radical (unpaired) electrons. The molecule has 0 saturated carbocycles. The van der Waals surface area contributed by atoms with Crippen molar-refractivity contribution in [3.63, 3.8) is 0 Å². The predicted octanol–water partition coefficient (Wildman–Crippen LogP) is 2.78. The van der Waals surface area contributed by atoms with Crippen molar-refractivity contribution >= 4 is 16.9 Å². The van der Waals surface area contributed by atoms with Gasteiger partial charge in [0.2, 0.25) is 5.91 Å². The summed E-state index contributed by atoms with van der Waals surface area (Å²) < 4.78 is 5.69. The van der Waals surface area contributed by atoms with Crippen LogP contribution in [0.1, 0.15) is 30.9 Å². The molecular weight excluding hydrogens is 338 g/mol. The maximum absolute atomic E-state index is 13.1. The minimum absolute atomic E-state index is 0.147. The van der Waals surface area contributed by atoms with Crippen LogP contribution in [0.3, 0.4) is 0 Å². The first-order chi connectivity index (χ1) is 13.0. The maximum atomic E-state index is 13.1. The average molecular weight is 370 g/mol. The van der Waals surface area contributed by atoms with Gasteiger partial charge in [-0.3, -0.25) is 9.69 Å². The Morgan fingerprint density at radius 3 is 2.67 bits per heavy atom. The topological polar surface area (TPSA) is 39.9 Å². The molecule has 2 aromatic rings. The Kier molecular flexibility index (Phi) is 4.99. The molecule has 5 heteroatoms. The lowest BCUT2D eigenvalue weighted by Gasteiger charge is -2.52. The number of hydrogen-bond acceptors (Lipinski definition) is 4. The lowest BCUT2D eigenvalue weighted by molar-refractivity contribution is -0.137. The van der Waals surface area contributed by atoms with E-state index in [9.17, 15) is 4.79 Å². The van der Waals surface area contributed by atoms with Gasteiger partial charge in [-0.2, -0.15) is 0 Å². The van der Waals surface area contributed by atoms with Gasteiger partial charge in [0.05, 0.1) is 12.7 Å². The quantitative estimate of drug-likeness (QED) is 0.834. The number of rotatable bonds is 3. The molecule has 0 aliphatic carbocycles. The van der Waals surface area contributed by atoms with E-state index >= 15 is 0 Å². The van der Waals surface area contributed by atoms with Crippen molar-refractivity contribution in [1.82, 2.24) is 14.7 Å². The summed E-state index contributed by atoms with van der Waals surface area (Å²) in [5.41, 5.74) is 3.32. The van der Waals surface area contributed by atoms with Crippen LogP contribution in [0.25, 0.3) is 11.0 Å². The summed E-state index contributed by atoms with van der Waals surface area (Å²) in [6.07, 6.45) is 5.46. The number of likely N-dealkylation sites (N-methyl/N-ethyl adjacent to an activating group) is 1. The molecule has 27 heavy (non-hydrogen) atoms. The van der Waals surface area contributed by atoms with Gasteiger partial charge in [-0.1, -0.05) is 13.0 Å². The van der Waals surface area contributed by atoms with Gasteiger partial charge >= 0.3 is 0 Å². The number of carbonyl (C=O) groups excluding carboxylic acids is 1. The van der Waals surface area contributed by atoms with Crippen LogP contribution in [-0.2, 0) is 17.6 Å². The lowest BCUT2D eigenvalue weighted by Crippen LogP contribution is -2.65. The Hall–Kier alpha value is -1.85. The highest BCUT2D eigenvalue weighted by atomic mass is 16.3. The van der Waals surface area contributed by atoms with Crippen molar-refractivity contribution in [2.45, 2.75) is 38.1 Å². The number of benzene rings is 1. The third-order valence-electron chi connectivity index (χ3n) is 6.74. The molecule has 1 spiro atoms. The fraction of sp³-hybridized carbons (Fsp3) is 0.591. The zero-order chi connectivity index (χ0) is 19.0. The summed E-state index contributed by atoms with van der Waals surface area (Å²) >= 11 is 0. The van der Waals surface area contributed by atoms with Crippen molar-refractivity contribution in [1.29, 1.82) is 0 Å². The van der Waals surface area contributed by atoms with Crippen LogP contribution in [0.4, 0.5) is 0 Å². The molecule has 1 aromatic carbocycles. The minimum Gasteiger partial charge on any atom is -0.464 e. The van der Waals surface area contributed by atoms with Gasteiger partial charge < -0.3 is 14.2 Å². The number of aryl methyl sites for hydroxylation is 1. The lowest BCUT2D eigenvalue weighted by atomic mass is 9.83. The Morgan fingerprint density at radius 2 is 1.93 bits per heavy atom. The van der Waals surface area contributed by atoms with Crippen LogP contribution in [0.2, 0.25) is 0 Å². The minimum atomic E-state index is 0.147. The molecule has 2 saturated heterocycles. The zero-order valence-corrected chi connectivity index (χ0v) is 16.8. The molecule has 0 atom stereocenters. The molecule has 2 aliphatic heterocycles. The largest absolute Gasteiger partial charge is 0.464 e. The van der Waals surface area contributed by atoms with E-state index in [1.165, 1.54) is 5.56 Å². The Morgan fingerprint density at radius 1 is 1.15 bits per heavy atom. The van der Waals surface area contributed by atoms with E-state index in [0.717, 1.165) is 68.5 Å². The van der Waals surface area contributed by atoms with Crippen molar-refractivity contribution in [2.75, 3.05) is 46.8 Å². The molecule has 4 rings (SSSR count). The molecule has 5 nitrogen and oxygen atoms in total. The summed E-state index contributed by atoms with van der Waals surface area (Å²) in [5, 5.41) is 1.09. The van der Waals surface area contributed by atoms with Gasteiger partial charge in [0, 0.05) is 36.1 Å². The molecule has 0 bridgehead atoms. The summed E-state index contributed by atoms with van der Waals surface area (Å²) in [7, 11) is 4.41. The molecule has 1 aromatic heterocycles.